The molecule has 0 radical (unpaired) electrons. The van der Waals surface area contributed by atoms with Gasteiger partial charge in [0.25, 0.3) is 0 Å². The minimum atomic E-state index is -0.148. The smallest absolute Gasteiger partial charge is 0.237 e. The van der Waals surface area contributed by atoms with Crippen LogP contribution in [-0.2, 0) is 24.3 Å². The van der Waals surface area contributed by atoms with E-state index in [-0.39, 0.29) is 11.9 Å². The van der Waals surface area contributed by atoms with Gasteiger partial charge in [-0.05, 0) is 24.5 Å². The predicted molar refractivity (Wildman–Crippen MR) is 79.5 cm³/mol. The van der Waals surface area contributed by atoms with Crippen LogP contribution in [0.2, 0.25) is 0 Å². The Balaban J connectivity index is 1.59. The Labute approximate surface area is 122 Å². The van der Waals surface area contributed by atoms with Gasteiger partial charge in [0, 0.05) is 11.9 Å². The van der Waals surface area contributed by atoms with Gasteiger partial charge in [0.05, 0.1) is 23.3 Å². The number of rotatable bonds is 3. The molecule has 1 atom stereocenters. The Hall–Kier alpha value is -1.72. The first kappa shape index (κ1) is 13.3. The number of amides is 1. The third-order valence-electron chi connectivity index (χ3n) is 3.51. The van der Waals surface area contributed by atoms with Crippen LogP contribution in [0, 0.1) is 6.92 Å². The van der Waals surface area contributed by atoms with Crippen molar-refractivity contribution in [3.8, 4) is 0 Å². The van der Waals surface area contributed by atoms with E-state index in [2.05, 4.69) is 27.8 Å². The summed E-state index contributed by atoms with van der Waals surface area (Å²) in [6, 6.07) is 8.11. The molecule has 20 heavy (non-hydrogen) atoms. The molecule has 4 nitrogen and oxygen atoms in total. The average molecular weight is 287 g/mol. The zero-order valence-corrected chi connectivity index (χ0v) is 12.2. The first-order chi connectivity index (χ1) is 9.72. The zero-order chi connectivity index (χ0) is 13.9. The summed E-state index contributed by atoms with van der Waals surface area (Å²) in [6.45, 7) is 3.22. The summed E-state index contributed by atoms with van der Waals surface area (Å²) < 4.78 is 0. The Bertz CT molecular complexity index is 623. The maximum atomic E-state index is 12.2. The van der Waals surface area contributed by atoms with E-state index >= 15 is 0 Å². The number of hydrogen-bond donors (Lipinski definition) is 2. The van der Waals surface area contributed by atoms with Gasteiger partial charge < -0.3 is 10.6 Å². The first-order valence-electron chi connectivity index (χ1n) is 6.71. The average Bonchev–Trinajstić information content (AvgIpc) is 2.90. The molecule has 1 aliphatic heterocycles. The van der Waals surface area contributed by atoms with Crippen molar-refractivity contribution >= 4 is 17.2 Å². The molecule has 1 aromatic heterocycles. The molecule has 0 unspecified atom stereocenters. The highest BCUT2D eigenvalue weighted by molar-refractivity contribution is 7.09. The quantitative estimate of drug-likeness (QED) is 0.905. The molecule has 0 bridgehead atoms. The lowest BCUT2D eigenvalue weighted by Crippen LogP contribution is -2.47. The summed E-state index contributed by atoms with van der Waals surface area (Å²) >= 11 is 1.60. The van der Waals surface area contributed by atoms with Crippen LogP contribution >= 0.6 is 11.3 Å². The fraction of sp³-hybridized carbons (Fsp3) is 0.333. The lowest BCUT2D eigenvalue weighted by molar-refractivity contribution is -0.123. The number of thiazole rings is 1. The number of fused-ring (bicyclic) bond motifs is 1. The molecule has 1 amide bonds. The summed E-state index contributed by atoms with van der Waals surface area (Å²) in [5.74, 6) is 0.0464. The summed E-state index contributed by atoms with van der Waals surface area (Å²) in [5.41, 5.74) is 3.47. The molecular formula is C15H17N3OS. The summed E-state index contributed by atoms with van der Waals surface area (Å²) in [7, 11) is 0. The van der Waals surface area contributed by atoms with Gasteiger partial charge >= 0.3 is 0 Å². The minimum absolute atomic E-state index is 0.0464. The van der Waals surface area contributed by atoms with Crippen LogP contribution in [0.5, 0.6) is 0 Å². The van der Waals surface area contributed by atoms with E-state index < -0.39 is 0 Å². The minimum Gasteiger partial charge on any atom is -0.349 e. The van der Waals surface area contributed by atoms with Crippen LogP contribution in [0.15, 0.2) is 29.6 Å². The molecule has 1 aromatic carbocycles. The molecule has 3 rings (SSSR count). The highest BCUT2D eigenvalue weighted by atomic mass is 32.1. The Morgan fingerprint density at radius 1 is 1.45 bits per heavy atom. The van der Waals surface area contributed by atoms with Crippen molar-refractivity contribution in [1.29, 1.82) is 0 Å². The third kappa shape index (κ3) is 2.89. The zero-order valence-electron chi connectivity index (χ0n) is 11.3. The second kappa shape index (κ2) is 5.73. The van der Waals surface area contributed by atoms with E-state index in [0.29, 0.717) is 6.54 Å². The van der Waals surface area contributed by atoms with Crippen LogP contribution in [0.25, 0.3) is 0 Å². The van der Waals surface area contributed by atoms with Gasteiger partial charge in [0.15, 0.2) is 0 Å². The standard InChI is InChI=1S/C15H17N3OS/c1-10-18-13(9-20-10)8-17-15(19)14-6-11-4-2-3-5-12(11)7-16-14/h2-5,9,14,16H,6-8H2,1H3,(H,17,19)/t14-/m1/s1. The van der Waals surface area contributed by atoms with Crippen molar-refractivity contribution in [2.45, 2.75) is 32.5 Å². The van der Waals surface area contributed by atoms with Crippen molar-refractivity contribution in [3.05, 3.63) is 51.5 Å². The number of benzene rings is 1. The van der Waals surface area contributed by atoms with Gasteiger partial charge in [-0.15, -0.1) is 11.3 Å². The fourth-order valence-corrected chi connectivity index (χ4v) is 3.04. The maximum Gasteiger partial charge on any atom is 0.237 e. The Morgan fingerprint density at radius 3 is 3.00 bits per heavy atom. The summed E-state index contributed by atoms with van der Waals surface area (Å²) in [6.07, 6.45) is 0.748. The third-order valence-corrected chi connectivity index (χ3v) is 4.33. The molecule has 0 fully saturated rings. The fourth-order valence-electron chi connectivity index (χ4n) is 2.43. The highest BCUT2D eigenvalue weighted by Gasteiger charge is 2.23. The molecular weight excluding hydrogens is 270 g/mol. The van der Waals surface area contributed by atoms with E-state index in [1.807, 2.05) is 24.4 Å². The van der Waals surface area contributed by atoms with Gasteiger partial charge in [0.2, 0.25) is 5.91 Å². The largest absolute Gasteiger partial charge is 0.349 e. The number of nitrogens with zero attached hydrogens (tertiary/aromatic N) is 1. The Morgan fingerprint density at radius 2 is 2.25 bits per heavy atom. The lowest BCUT2D eigenvalue weighted by Gasteiger charge is -2.25. The normalized spacial score (nSPS) is 17.6. The topological polar surface area (TPSA) is 54.0 Å². The molecule has 2 heterocycles. The van der Waals surface area contributed by atoms with Gasteiger partial charge in [-0.25, -0.2) is 4.98 Å². The van der Waals surface area contributed by atoms with Crippen LogP contribution in [0.1, 0.15) is 21.8 Å². The second-order valence-electron chi connectivity index (χ2n) is 4.98. The summed E-state index contributed by atoms with van der Waals surface area (Å²) in [4.78, 5) is 16.5. The monoisotopic (exact) mass is 287 g/mol. The number of aromatic nitrogens is 1. The van der Waals surface area contributed by atoms with Crippen molar-refractivity contribution < 1.29 is 4.79 Å². The van der Waals surface area contributed by atoms with Crippen LogP contribution in [-0.4, -0.2) is 16.9 Å². The molecule has 2 aromatic rings. The van der Waals surface area contributed by atoms with Crippen LogP contribution in [0.4, 0.5) is 0 Å². The number of hydrogen-bond acceptors (Lipinski definition) is 4. The van der Waals surface area contributed by atoms with Gasteiger partial charge in [-0.2, -0.15) is 0 Å². The number of carbonyl (C=O) groups excluding carboxylic acids is 1. The van der Waals surface area contributed by atoms with Crippen molar-refractivity contribution in [1.82, 2.24) is 15.6 Å². The summed E-state index contributed by atoms with van der Waals surface area (Å²) in [5, 5.41) is 9.25. The first-order valence-corrected chi connectivity index (χ1v) is 7.59. The maximum absolute atomic E-state index is 12.2. The van der Waals surface area contributed by atoms with E-state index in [1.54, 1.807) is 11.3 Å². The molecule has 0 spiro atoms. The number of nitrogens with one attached hydrogen (secondary N) is 2. The van der Waals surface area contributed by atoms with Crippen molar-refractivity contribution in [2.24, 2.45) is 0 Å². The van der Waals surface area contributed by atoms with Gasteiger partial charge in [-0.3, -0.25) is 4.79 Å². The van der Waals surface area contributed by atoms with E-state index in [0.717, 1.165) is 23.7 Å². The molecule has 5 heteroatoms. The van der Waals surface area contributed by atoms with Gasteiger partial charge in [0.1, 0.15) is 0 Å². The van der Waals surface area contributed by atoms with E-state index in [4.69, 9.17) is 0 Å². The van der Waals surface area contributed by atoms with Crippen LogP contribution in [0.3, 0.4) is 0 Å². The predicted octanol–water partition coefficient (Wildman–Crippen LogP) is 1.78. The van der Waals surface area contributed by atoms with E-state index in [1.165, 1.54) is 11.1 Å². The molecule has 0 saturated heterocycles. The highest BCUT2D eigenvalue weighted by Crippen LogP contribution is 2.16. The van der Waals surface area contributed by atoms with Crippen molar-refractivity contribution in [2.75, 3.05) is 0 Å². The van der Waals surface area contributed by atoms with Crippen molar-refractivity contribution in [3.63, 3.8) is 0 Å². The molecule has 104 valence electrons. The molecule has 2 N–H and O–H groups in total. The Kier molecular flexibility index (Phi) is 3.80. The molecule has 1 aliphatic rings. The van der Waals surface area contributed by atoms with Gasteiger partial charge in [-0.1, -0.05) is 24.3 Å². The molecule has 0 saturated carbocycles. The number of aryl methyl sites for hydroxylation is 1. The lowest BCUT2D eigenvalue weighted by atomic mass is 9.95. The second-order valence-corrected chi connectivity index (χ2v) is 6.04. The SMILES string of the molecule is Cc1nc(CNC(=O)[C@H]2Cc3ccccc3CN2)cs1. The van der Waals surface area contributed by atoms with Crippen LogP contribution < -0.4 is 10.6 Å². The molecule has 0 aliphatic carbocycles. The number of carbonyl (C=O) groups is 1. The van der Waals surface area contributed by atoms with E-state index in [9.17, 15) is 4.79 Å².